The van der Waals surface area contributed by atoms with Crippen LogP contribution >= 0.6 is 0 Å². The first-order chi connectivity index (χ1) is 15.9. The summed E-state index contributed by atoms with van der Waals surface area (Å²) < 4.78 is 23.9. The van der Waals surface area contributed by atoms with Gasteiger partial charge >= 0.3 is 0 Å². The van der Waals surface area contributed by atoms with Gasteiger partial charge in [-0.15, -0.1) is 0 Å². The Hall–Kier alpha value is -2.22. The first kappa shape index (κ1) is 23.9. The molecule has 0 spiro atoms. The van der Waals surface area contributed by atoms with Gasteiger partial charge in [0, 0.05) is 32.7 Å². The number of hydrogen-bond acceptors (Lipinski definition) is 5. The molecular weight excluding hydrogens is 434 g/mol. The Bertz CT molecular complexity index is 1030. The van der Waals surface area contributed by atoms with Gasteiger partial charge in [0.15, 0.2) is 9.84 Å². The number of nitrogens with one attached hydrogen (secondary N) is 1. The molecule has 2 aliphatic heterocycles. The predicted molar refractivity (Wildman–Crippen MR) is 131 cm³/mol. The molecule has 33 heavy (non-hydrogen) atoms. The normalized spacial score (nSPS) is 22.5. The highest BCUT2D eigenvalue weighted by molar-refractivity contribution is 7.91. The lowest BCUT2D eigenvalue weighted by atomic mass is 9.99. The molecule has 0 saturated carbocycles. The van der Waals surface area contributed by atoms with Crippen LogP contribution in [0.25, 0.3) is 0 Å². The van der Waals surface area contributed by atoms with Crippen LogP contribution in [0.3, 0.4) is 0 Å². The van der Waals surface area contributed by atoms with E-state index in [1.807, 2.05) is 41.3 Å². The van der Waals surface area contributed by atoms with Crippen LogP contribution in [0, 0.1) is 5.92 Å². The molecule has 0 radical (unpaired) electrons. The van der Waals surface area contributed by atoms with E-state index in [1.165, 1.54) is 18.4 Å². The summed E-state index contributed by atoms with van der Waals surface area (Å²) in [7, 11) is -3.01. The lowest BCUT2D eigenvalue weighted by Gasteiger charge is -2.34. The molecule has 7 heteroatoms. The standard InChI is InChI=1S/C26H35N3O3S/c1-21-8-7-13-28(19-21)20-24-12-6-5-11-23(24)18-27-26(30)25(22-9-3-2-4-10-22)29-14-16-33(31,32)17-15-29/h2-6,9-12,21,25H,7-8,13-20H2,1H3,(H,27,30). The highest BCUT2D eigenvalue weighted by atomic mass is 32.2. The first-order valence-electron chi connectivity index (χ1n) is 12.0. The van der Waals surface area contributed by atoms with Crippen molar-refractivity contribution in [1.82, 2.24) is 15.1 Å². The molecule has 0 bridgehead atoms. The number of piperidine rings is 1. The third-order valence-electron chi connectivity index (χ3n) is 6.81. The van der Waals surface area contributed by atoms with Gasteiger partial charge in [-0.05, 0) is 42.0 Å². The number of likely N-dealkylation sites (tertiary alicyclic amines) is 1. The highest BCUT2D eigenvalue weighted by Crippen LogP contribution is 2.24. The Morgan fingerprint density at radius 2 is 1.67 bits per heavy atom. The van der Waals surface area contributed by atoms with Gasteiger partial charge in [-0.25, -0.2) is 8.42 Å². The highest BCUT2D eigenvalue weighted by Gasteiger charge is 2.32. The SMILES string of the molecule is CC1CCCN(Cc2ccccc2CNC(=O)C(c2ccccc2)N2CCS(=O)(=O)CC2)C1. The monoisotopic (exact) mass is 469 g/mol. The number of carbonyl (C=O) groups excluding carboxylic acids is 1. The van der Waals surface area contributed by atoms with Crippen molar-refractivity contribution in [3.63, 3.8) is 0 Å². The maximum Gasteiger partial charge on any atom is 0.242 e. The van der Waals surface area contributed by atoms with Crippen molar-refractivity contribution in [1.29, 1.82) is 0 Å². The van der Waals surface area contributed by atoms with Crippen LogP contribution in [-0.2, 0) is 27.7 Å². The Balaban J connectivity index is 1.46. The minimum Gasteiger partial charge on any atom is -0.350 e. The van der Waals surface area contributed by atoms with E-state index in [2.05, 4.69) is 35.3 Å². The van der Waals surface area contributed by atoms with Crippen LogP contribution in [0.5, 0.6) is 0 Å². The maximum atomic E-state index is 13.4. The van der Waals surface area contributed by atoms with Crippen LogP contribution in [0.15, 0.2) is 54.6 Å². The summed E-state index contributed by atoms with van der Waals surface area (Å²) in [5, 5.41) is 3.15. The fourth-order valence-electron chi connectivity index (χ4n) is 4.98. The average Bonchev–Trinajstić information content (AvgIpc) is 2.80. The zero-order chi connectivity index (χ0) is 23.3. The number of sulfone groups is 1. The largest absolute Gasteiger partial charge is 0.350 e. The second-order valence-electron chi connectivity index (χ2n) is 9.47. The summed E-state index contributed by atoms with van der Waals surface area (Å²) in [6, 6.07) is 17.5. The Morgan fingerprint density at radius 3 is 2.36 bits per heavy atom. The second kappa shape index (κ2) is 10.8. The Morgan fingerprint density at radius 1 is 1.00 bits per heavy atom. The van der Waals surface area contributed by atoms with E-state index >= 15 is 0 Å². The topological polar surface area (TPSA) is 69.7 Å². The van der Waals surface area contributed by atoms with E-state index in [-0.39, 0.29) is 17.4 Å². The van der Waals surface area contributed by atoms with Gasteiger partial charge in [0.05, 0.1) is 11.5 Å². The van der Waals surface area contributed by atoms with E-state index in [4.69, 9.17) is 0 Å². The van der Waals surface area contributed by atoms with E-state index in [0.29, 0.717) is 19.6 Å². The van der Waals surface area contributed by atoms with Crippen molar-refractivity contribution in [3.05, 3.63) is 71.3 Å². The fourth-order valence-corrected chi connectivity index (χ4v) is 6.21. The second-order valence-corrected chi connectivity index (χ2v) is 11.8. The molecule has 2 aromatic carbocycles. The minimum absolute atomic E-state index is 0.0816. The molecule has 1 amide bonds. The molecule has 2 aliphatic rings. The number of rotatable bonds is 7. The van der Waals surface area contributed by atoms with Crippen LogP contribution in [0.4, 0.5) is 0 Å². The molecular formula is C26H35N3O3S. The van der Waals surface area contributed by atoms with Crippen molar-refractivity contribution in [2.45, 2.75) is 38.9 Å². The zero-order valence-electron chi connectivity index (χ0n) is 19.4. The third kappa shape index (κ3) is 6.43. The molecule has 6 nitrogen and oxygen atoms in total. The summed E-state index contributed by atoms with van der Waals surface area (Å²) in [5.41, 5.74) is 3.29. The number of benzene rings is 2. The van der Waals surface area contributed by atoms with E-state index in [0.717, 1.165) is 36.7 Å². The molecule has 1 N–H and O–H groups in total. The van der Waals surface area contributed by atoms with Crippen molar-refractivity contribution in [3.8, 4) is 0 Å². The van der Waals surface area contributed by atoms with Gasteiger partial charge < -0.3 is 5.32 Å². The van der Waals surface area contributed by atoms with Crippen LogP contribution in [0.2, 0.25) is 0 Å². The summed E-state index contributed by atoms with van der Waals surface area (Å²) in [6.45, 7) is 6.68. The smallest absolute Gasteiger partial charge is 0.242 e. The molecule has 0 aliphatic carbocycles. The van der Waals surface area contributed by atoms with Gasteiger partial charge in [0.1, 0.15) is 6.04 Å². The van der Waals surface area contributed by atoms with E-state index < -0.39 is 15.9 Å². The zero-order valence-corrected chi connectivity index (χ0v) is 20.3. The maximum absolute atomic E-state index is 13.4. The Kier molecular flexibility index (Phi) is 7.83. The summed E-state index contributed by atoms with van der Waals surface area (Å²) >= 11 is 0. The summed E-state index contributed by atoms with van der Waals surface area (Å²) in [6.07, 6.45) is 2.54. The lowest BCUT2D eigenvalue weighted by Crippen LogP contribution is -2.47. The molecule has 2 saturated heterocycles. The minimum atomic E-state index is -3.01. The number of nitrogens with zero attached hydrogens (tertiary/aromatic N) is 2. The van der Waals surface area contributed by atoms with Crippen LogP contribution < -0.4 is 5.32 Å². The molecule has 178 valence electrons. The Labute approximate surface area is 197 Å². The van der Waals surface area contributed by atoms with E-state index in [9.17, 15) is 13.2 Å². The van der Waals surface area contributed by atoms with Gasteiger partial charge in [-0.3, -0.25) is 14.6 Å². The van der Waals surface area contributed by atoms with Gasteiger partial charge in [-0.1, -0.05) is 61.5 Å². The van der Waals surface area contributed by atoms with Crippen molar-refractivity contribution in [2.24, 2.45) is 5.92 Å². The molecule has 2 atom stereocenters. The number of hydrogen-bond donors (Lipinski definition) is 1. The average molecular weight is 470 g/mol. The quantitative estimate of drug-likeness (QED) is 0.675. The lowest BCUT2D eigenvalue weighted by molar-refractivity contribution is -0.126. The number of amides is 1. The molecule has 4 rings (SSSR count). The fraction of sp³-hybridized carbons (Fsp3) is 0.500. The van der Waals surface area contributed by atoms with Crippen molar-refractivity contribution >= 4 is 15.7 Å². The predicted octanol–water partition coefficient (Wildman–Crippen LogP) is 3.01. The summed E-state index contributed by atoms with van der Waals surface area (Å²) in [4.78, 5) is 17.9. The molecule has 2 fully saturated rings. The van der Waals surface area contributed by atoms with Crippen molar-refractivity contribution in [2.75, 3.05) is 37.7 Å². The number of carbonyl (C=O) groups is 1. The molecule has 2 aromatic rings. The van der Waals surface area contributed by atoms with Crippen LogP contribution in [0.1, 0.15) is 42.5 Å². The van der Waals surface area contributed by atoms with E-state index in [1.54, 1.807) is 0 Å². The van der Waals surface area contributed by atoms with Gasteiger partial charge in [0.2, 0.25) is 5.91 Å². The molecule has 0 aromatic heterocycles. The first-order valence-corrected chi connectivity index (χ1v) is 13.8. The van der Waals surface area contributed by atoms with Gasteiger partial charge in [-0.2, -0.15) is 0 Å². The van der Waals surface area contributed by atoms with Crippen molar-refractivity contribution < 1.29 is 13.2 Å². The summed E-state index contributed by atoms with van der Waals surface area (Å²) in [5.74, 6) is 0.842. The third-order valence-corrected chi connectivity index (χ3v) is 8.42. The molecule has 2 unspecified atom stereocenters. The van der Waals surface area contributed by atoms with Crippen LogP contribution in [-0.4, -0.2) is 61.8 Å². The van der Waals surface area contributed by atoms with Gasteiger partial charge in [0.25, 0.3) is 0 Å². The molecule has 2 heterocycles.